The zero-order valence-corrected chi connectivity index (χ0v) is 10.5. The number of hydrogen-bond acceptors (Lipinski definition) is 2. The zero-order valence-electron chi connectivity index (χ0n) is 10.5. The molecule has 1 fully saturated rings. The molecule has 1 heterocycles. The van der Waals surface area contributed by atoms with Gasteiger partial charge in [0.25, 0.3) is 0 Å². The third-order valence-corrected chi connectivity index (χ3v) is 3.77. The number of likely N-dealkylation sites (tertiary alicyclic amines) is 1. The summed E-state index contributed by atoms with van der Waals surface area (Å²) in [7, 11) is 0. The van der Waals surface area contributed by atoms with Gasteiger partial charge in [-0.3, -0.25) is 0 Å². The molecule has 1 rings (SSSR count). The fraction of sp³-hybridized carbons (Fsp3) is 1.00. The Bertz CT molecular complexity index is 153. The second-order valence-corrected chi connectivity index (χ2v) is 4.94. The molecule has 15 heavy (non-hydrogen) atoms. The maximum absolute atomic E-state index is 5.79. The molecule has 0 aromatic heterocycles. The highest BCUT2D eigenvalue weighted by atomic mass is 15.2. The fourth-order valence-electron chi connectivity index (χ4n) is 2.66. The van der Waals surface area contributed by atoms with E-state index in [2.05, 4.69) is 18.7 Å². The maximum Gasteiger partial charge on any atom is 0.00952 e. The van der Waals surface area contributed by atoms with Crippen LogP contribution >= 0.6 is 0 Å². The van der Waals surface area contributed by atoms with Crippen LogP contribution in [0.3, 0.4) is 0 Å². The van der Waals surface area contributed by atoms with Gasteiger partial charge < -0.3 is 10.6 Å². The minimum atomic E-state index is 0.711. The van der Waals surface area contributed by atoms with Gasteiger partial charge in [0, 0.05) is 12.6 Å². The Morgan fingerprint density at radius 2 is 2.13 bits per heavy atom. The number of nitrogens with zero attached hydrogens (tertiary/aromatic N) is 1. The first kappa shape index (κ1) is 13.0. The minimum Gasteiger partial charge on any atom is -0.330 e. The van der Waals surface area contributed by atoms with Gasteiger partial charge in [-0.25, -0.2) is 0 Å². The Kier molecular flexibility index (Phi) is 6.26. The Balaban J connectivity index is 2.40. The van der Waals surface area contributed by atoms with Gasteiger partial charge in [0.1, 0.15) is 0 Å². The van der Waals surface area contributed by atoms with E-state index in [4.69, 9.17) is 5.73 Å². The Hall–Kier alpha value is -0.0800. The lowest BCUT2D eigenvalue weighted by molar-refractivity contribution is 0.118. The molecule has 0 spiro atoms. The largest absolute Gasteiger partial charge is 0.330 e. The van der Waals surface area contributed by atoms with Gasteiger partial charge in [-0.15, -0.1) is 0 Å². The summed E-state index contributed by atoms with van der Waals surface area (Å²) >= 11 is 0. The molecule has 0 aromatic rings. The summed E-state index contributed by atoms with van der Waals surface area (Å²) in [5, 5.41) is 0. The van der Waals surface area contributed by atoms with Gasteiger partial charge in [-0.05, 0) is 38.3 Å². The quantitative estimate of drug-likeness (QED) is 0.733. The molecule has 0 aliphatic carbocycles. The second-order valence-electron chi connectivity index (χ2n) is 4.94. The SMILES string of the molecule is CCCC1CCCCN1CC(CC)CN. The average Bonchev–Trinajstić information content (AvgIpc) is 2.28. The molecule has 0 radical (unpaired) electrons. The lowest BCUT2D eigenvalue weighted by Gasteiger charge is -2.37. The molecule has 2 heteroatoms. The maximum atomic E-state index is 5.79. The Labute approximate surface area is 95.2 Å². The standard InChI is InChI=1S/C13H28N2/c1-3-7-13-8-5-6-9-15(13)11-12(4-2)10-14/h12-13H,3-11,14H2,1-2H3. The van der Waals surface area contributed by atoms with Crippen molar-refractivity contribution < 1.29 is 0 Å². The van der Waals surface area contributed by atoms with Gasteiger partial charge in [0.05, 0.1) is 0 Å². The van der Waals surface area contributed by atoms with Crippen molar-refractivity contribution in [2.24, 2.45) is 11.7 Å². The van der Waals surface area contributed by atoms with Crippen molar-refractivity contribution in [1.29, 1.82) is 0 Å². The van der Waals surface area contributed by atoms with Gasteiger partial charge >= 0.3 is 0 Å². The van der Waals surface area contributed by atoms with Crippen molar-refractivity contribution in [3.63, 3.8) is 0 Å². The second kappa shape index (κ2) is 7.24. The van der Waals surface area contributed by atoms with Crippen LogP contribution in [0.15, 0.2) is 0 Å². The van der Waals surface area contributed by atoms with Crippen LogP contribution in [-0.2, 0) is 0 Å². The van der Waals surface area contributed by atoms with Crippen molar-refractivity contribution in [3.05, 3.63) is 0 Å². The van der Waals surface area contributed by atoms with Gasteiger partial charge in [-0.2, -0.15) is 0 Å². The van der Waals surface area contributed by atoms with Crippen molar-refractivity contribution >= 4 is 0 Å². The number of nitrogens with two attached hydrogens (primary N) is 1. The van der Waals surface area contributed by atoms with Gasteiger partial charge in [0.15, 0.2) is 0 Å². The molecule has 0 saturated carbocycles. The summed E-state index contributed by atoms with van der Waals surface area (Å²) in [6.45, 7) is 7.95. The molecule has 2 N–H and O–H groups in total. The first-order valence-corrected chi connectivity index (χ1v) is 6.75. The van der Waals surface area contributed by atoms with Crippen LogP contribution in [0.25, 0.3) is 0 Å². The van der Waals surface area contributed by atoms with E-state index in [1.807, 2.05) is 0 Å². The highest BCUT2D eigenvalue weighted by Crippen LogP contribution is 2.22. The molecule has 0 bridgehead atoms. The number of piperidine rings is 1. The van der Waals surface area contributed by atoms with E-state index >= 15 is 0 Å². The van der Waals surface area contributed by atoms with Crippen LogP contribution < -0.4 is 5.73 Å². The van der Waals surface area contributed by atoms with E-state index in [0.717, 1.165) is 12.6 Å². The smallest absolute Gasteiger partial charge is 0.00952 e. The molecule has 2 unspecified atom stereocenters. The minimum absolute atomic E-state index is 0.711. The normalized spacial score (nSPS) is 25.4. The van der Waals surface area contributed by atoms with E-state index in [0.29, 0.717) is 5.92 Å². The summed E-state index contributed by atoms with van der Waals surface area (Å²) in [4.78, 5) is 2.70. The molecule has 1 aliphatic heterocycles. The molecule has 90 valence electrons. The summed E-state index contributed by atoms with van der Waals surface area (Å²) in [5.41, 5.74) is 5.79. The van der Waals surface area contributed by atoms with Gasteiger partial charge in [0.2, 0.25) is 0 Å². The van der Waals surface area contributed by atoms with Crippen LogP contribution in [0.5, 0.6) is 0 Å². The van der Waals surface area contributed by atoms with Crippen molar-refractivity contribution in [2.75, 3.05) is 19.6 Å². The lowest BCUT2D eigenvalue weighted by atomic mass is 9.96. The van der Waals surface area contributed by atoms with E-state index < -0.39 is 0 Å². The number of hydrogen-bond donors (Lipinski definition) is 1. The third-order valence-electron chi connectivity index (χ3n) is 3.77. The van der Waals surface area contributed by atoms with Crippen LogP contribution in [0.2, 0.25) is 0 Å². The monoisotopic (exact) mass is 212 g/mol. The molecule has 2 nitrogen and oxygen atoms in total. The summed E-state index contributed by atoms with van der Waals surface area (Å²) in [6, 6.07) is 0.851. The molecule has 1 saturated heterocycles. The highest BCUT2D eigenvalue weighted by Gasteiger charge is 2.23. The predicted octanol–water partition coefficient (Wildman–Crippen LogP) is 2.63. The van der Waals surface area contributed by atoms with Crippen LogP contribution in [0.1, 0.15) is 52.4 Å². The Morgan fingerprint density at radius 1 is 1.33 bits per heavy atom. The Morgan fingerprint density at radius 3 is 2.73 bits per heavy atom. The highest BCUT2D eigenvalue weighted by molar-refractivity contribution is 4.78. The third kappa shape index (κ3) is 4.12. The number of rotatable bonds is 6. The molecule has 0 aromatic carbocycles. The lowest BCUT2D eigenvalue weighted by Crippen LogP contribution is -2.43. The molecular weight excluding hydrogens is 184 g/mol. The van der Waals surface area contributed by atoms with Gasteiger partial charge in [-0.1, -0.05) is 33.1 Å². The van der Waals surface area contributed by atoms with Crippen LogP contribution in [0, 0.1) is 5.92 Å². The van der Waals surface area contributed by atoms with E-state index in [1.165, 1.54) is 51.6 Å². The molecular formula is C13H28N2. The van der Waals surface area contributed by atoms with Crippen molar-refractivity contribution in [1.82, 2.24) is 4.90 Å². The fourth-order valence-corrected chi connectivity index (χ4v) is 2.66. The first-order valence-electron chi connectivity index (χ1n) is 6.75. The topological polar surface area (TPSA) is 29.3 Å². The van der Waals surface area contributed by atoms with Crippen molar-refractivity contribution in [2.45, 2.75) is 58.4 Å². The van der Waals surface area contributed by atoms with E-state index in [-0.39, 0.29) is 0 Å². The summed E-state index contributed by atoms with van der Waals surface area (Å²) in [6.07, 6.45) is 8.16. The van der Waals surface area contributed by atoms with Crippen LogP contribution in [0.4, 0.5) is 0 Å². The van der Waals surface area contributed by atoms with E-state index in [9.17, 15) is 0 Å². The molecule has 1 aliphatic rings. The predicted molar refractivity (Wildman–Crippen MR) is 67.0 cm³/mol. The summed E-state index contributed by atoms with van der Waals surface area (Å²) < 4.78 is 0. The average molecular weight is 212 g/mol. The molecule has 0 amide bonds. The first-order chi connectivity index (χ1) is 7.31. The zero-order chi connectivity index (χ0) is 11.1. The summed E-state index contributed by atoms with van der Waals surface area (Å²) in [5.74, 6) is 0.711. The molecule has 2 atom stereocenters. The van der Waals surface area contributed by atoms with Crippen LogP contribution in [-0.4, -0.2) is 30.6 Å². The van der Waals surface area contributed by atoms with Crippen molar-refractivity contribution in [3.8, 4) is 0 Å². The van der Waals surface area contributed by atoms with E-state index in [1.54, 1.807) is 0 Å².